The van der Waals surface area contributed by atoms with Gasteiger partial charge in [0, 0.05) is 24.5 Å². The van der Waals surface area contributed by atoms with E-state index in [1.54, 1.807) is 6.07 Å². The van der Waals surface area contributed by atoms with Gasteiger partial charge in [-0.3, -0.25) is 14.9 Å². The number of anilines is 1. The lowest BCUT2D eigenvalue weighted by Gasteiger charge is -2.10. The minimum absolute atomic E-state index is 0.0683. The zero-order chi connectivity index (χ0) is 18.5. The number of hydrogen-bond donors (Lipinski definition) is 2. The zero-order valence-electron chi connectivity index (χ0n) is 13.9. The molecule has 0 unspecified atom stereocenters. The number of carbonyl (C=O) groups is 3. The van der Waals surface area contributed by atoms with Crippen molar-refractivity contribution in [1.29, 1.82) is 0 Å². The maximum Gasteiger partial charge on any atom is 0.355 e. The van der Waals surface area contributed by atoms with Gasteiger partial charge in [0.1, 0.15) is 11.4 Å². The number of nitrogens with zero attached hydrogens (tertiary/aromatic N) is 2. The first kappa shape index (κ1) is 17.3. The third kappa shape index (κ3) is 4.32. The molecule has 0 radical (unpaired) electrons. The van der Waals surface area contributed by atoms with Crippen LogP contribution in [0, 0.1) is 6.92 Å². The van der Waals surface area contributed by atoms with Crippen LogP contribution in [-0.2, 0) is 19.1 Å². The van der Waals surface area contributed by atoms with Crippen molar-refractivity contribution in [3.8, 4) is 11.3 Å². The topological polar surface area (TPSA) is 123 Å². The van der Waals surface area contributed by atoms with Gasteiger partial charge in [-0.1, -0.05) is 35.0 Å². The molecule has 1 aromatic heterocycles. The smallest absolute Gasteiger partial charge is 0.355 e. The number of esters is 1. The Bertz CT molecular complexity index is 870. The number of amides is 2. The van der Waals surface area contributed by atoms with Crippen molar-refractivity contribution in [2.24, 2.45) is 5.10 Å². The first-order chi connectivity index (χ1) is 12.5. The summed E-state index contributed by atoms with van der Waals surface area (Å²) >= 11 is 0. The monoisotopic (exact) mass is 356 g/mol. The number of ether oxygens (including phenoxy) is 1. The molecule has 3 rings (SSSR count). The molecule has 26 heavy (non-hydrogen) atoms. The standard InChI is InChI=1S/C17H16N4O5/c1-10-2-4-11(5-3-10)13-8-16(26-21-13)18-15(23)9-25-17(24)12-6-7-14(22)20-19-12/h2-5,8H,6-7,9H2,1H3,(H,18,23)(H,20,22). The average Bonchev–Trinajstić information content (AvgIpc) is 3.09. The molecule has 0 saturated heterocycles. The summed E-state index contributed by atoms with van der Waals surface area (Å²) in [4.78, 5) is 34.6. The Morgan fingerprint density at radius 3 is 2.73 bits per heavy atom. The number of hydrazone groups is 1. The molecule has 1 aliphatic heterocycles. The summed E-state index contributed by atoms with van der Waals surface area (Å²) in [6.45, 7) is 1.47. The van der Waals surface area contributed by atoms with Crippen molar-refractivity contribution in [2.75, 3.05) is 11.9 Å². The lowest BCUT2D eigenvalue weighted by molar-refractivity contribution is -0.140. The van der Waals surface area contributed by atoms with Crippen LogP contribution in [0.15, 0.2) is 40.0 Å². The van der Waals surface area contributed by atoms with E-state index < -0.39 is 18.5 Å². The van der Waals surface area contributed by atoms with Crippen LogP contribution >= 0.6 is 0 Å². The summed E-state index contributed by atoms with van der Waals surface area (Å²) in [6.07, 6.45) is 0.328. The van der Waals surface area contributed by atoms with Gasteiger partial charge in [0.25, 0.3) is 5.91 Å². The molecule has 0 saturated carbocycles. The van der Waals surface area contributed by atoms with E-state index in [1.165, 1.54) is 0 Å². The molecule has 2 N–H and O–H groups in total. The number of nitrogens with one attached hydrogen (secondary N) is 2. The van der Waals surface area contributed by atoms with Crippen molar-refractivity contribution in [2.45, 2.75) is 19.8 Å². The van der Waals surface area contributed by atoms with Gasteiger partial charge in [-0.25, -0.2) is 10.2 Å². The van der Waals surface area contributed by atoms with Crippen molar-refractivity contribution in [3.63, 3.8) is 0 Å². The Balaban J connectivity index is 1.51. The lowest BCUT2D eigenvalue weighted by Crippen LogP contribution is -2.32. The normalized spacial score (nSPS) is 13.6. The van der Waals surface area contributed by atoms with Crippen LogP contribution in [0.2, 0.25) is 0 Å². The predicted molar refractivity (Wildman–Crippen MR) is 91.1 cm³/mol. The van der Waals surface area contributed by atoms with Crippen LogP contribution in [0.25, 0.3) is 11.3 Å². The van der Waals surface area contributed by atoms with Gasteiger partial charge in [-0.05, 0) is 6.92 Å². The van der Waals surface area contributed by atoms with Crippen molar-refractivity contribution < 1.29 is 23.6 Å². The molecule has 2 amide bonds. The van der Waals surface area contributed by atoms with Gasteiger partial charge in [-0.15, -0.1) is 0 Å². The Morgan fingerprint density at radius 1 is 1.27 bits per heavy atom. The van der Waals surface area contributed by atoms with Gasteiger partial charge in [0.05, 0.1) is 0 Å². The number of rotatable bonds is 5. The molecular weight excluding hydrogens is 340 g/mol. The Labute approximate surface area is 148 Å². The molecule has 9 nitrogen and oxygen atoms in total. The fourth-order valence-electron chi connectivity index (χ4n) is 2.20. The van der Waals surface area contributed by atoms with E-state index in [2.05, 4.69) is 21.0 Å². The van der Waals surface area contributed by atoms with Gasteiger partial charge in [0.15, 0.2) is 6.61 Å². The molecule has 134 valence electrons. The van der Waals surface area contributed by atoms with E-state index in [4.69, 9.17) is 9.26 Å². The predicted octanol–water partition coefficient (Wildman–Crippen LogP) is 1.40. The second-order valence-electron chi connectivity index (χ2n) is 5.66. The third-order valence-corrected chi connectivity index (χ3v) is 3.59. The minimum Gasteiger partial charge on any atom is -0.451 e. The first-order valence-corrected chi connectivity index (χ1v) is 7.87. The van der Waals surface area contributed by atoms with E-state index in [0.29, 0.717) is 5.69 Å². The number of aryl methyl sites for hydroxylation is 1. The molecule has 2 aromatic rings. The summed E-state index contributed by atoms with van der Waals surface area (Å²) in [5.41, 5.74) is 4.80. The van der Waals surface area contributed by atoms with Crippen LogP contribution in [0.5, 0.6) is 0 Å². The SMILES string of the molecule is Cc1ccc(-c2cc(NC(=O)COC(=O)C3=NNC(=O)CC3)on2)cc1. The fourth-order valence-corrected chi connectivity index (χ4v) is 2.20. The van der Waals surface area contributed by atoms with Crippen LogP contribution in [0.1, 0.15) is 18.4 Å². The van der Waals surface area contributed by atoms with Crippen LogP contribution in [-0.4, -0.2) is 35.3 Å². The lowest BCUT2D eigenvalue weighted by atomic mass is 10.1. The van der Waals surface area contributed by atoms with Gasteiger partial charge < -0.3 is 9.26 Å². The highest BCUT2D eigenvalue weighted by molar-refractivity contribution is 6.37. The van der Waals surface area contributed by atoms with E-state index in [0.717, 1.165) is 11.1 Å². The molecule has 2 heterocycles. The summed E-state index contributed by atoms with van der Waals surface area (Å²) in [7, 11) is 0. The van der Waals surface area contributed by atoms with E-state index in [-0.39, 0.29) is 30.3 Å². The van der Waals surface area contributed by atoms with Crippen LogP contribution in [0.4, 0.5) is 5.88 Å². The van der Waals surface area contributed by atoms with E-state index >= 15 is 0 Å². The number of hydrogen-bond acceptors (Lipinski definition) is 7. The summed E-state index contributed by atoms with van der Waals surface area (Å²) in [5.74, 6) is -1.46. The molecule has 1 aliphatic rings. The van der Waals surface area contributed by atoms with Crippen molar-refractivity contribution in [3.05, 3.63) is 35.9 Å². The number of aromatic nitrogens is 1. The Kier molecular flexibility index (Phi) is 5.07. The van der Waals surface area contributed by atoms with E-state index in [1.807, 2.05) is 31.2 Å². The maximum absolute atomic E-state index is 11.9. The largest absolute Gasteiger partial charge is 0.451 e. The first-order valence-electron chi connectivity index (χ1n) is 7.87. The Morgan fingerprint density at radius 2 is 2.04 bits per heavy atom. The maximum atomic E-state index is 11.9. The molecule has 0 aliphatic carbocycles. The van der Waals surface area contributed by atoms with E-state index in [9.17, 15) is 14.4 Å². The second-order valence-corrected chi connectivity index (χ2v) is 5.66. The molecule has 0 atom stereocenters. The van der Waals surface area contributed by atoms with Crippen molar-refractivity contribution >= 4 is 29.4 Å². The third-order valence-electron chi connectivity index (χ3n) is 3.59. The highest BCUT2D eigenvalue weighted by Crippen LogP contribution is 2.21. The highest BCUT2D eigenvalue weighted by atomic mass is 16.5. The van der Waals surface area contributed by atoms with Crippen LogP contribution < -0.4 is 10.7 Å². The summed E-state index contributed by atoms with van der Waals surface area (Å²) in [6, 6.07) is 9.25. The molecule has 9 heteroatoms. The number of carbonyl (C=O) groups excluding carboxylic acids is 3. The highest BCUT2D eigenvalue weighted by Gasteiger charge is 2.20. The zero-order valence-corrected chi connectivity index (χ0v) is 13.9. The molecule has 0 spiro atoms. The number of benzene rings is 1. The molecule has 0 fully saturated rings. The van der Waals surface area contributed by atoms with Gasteiger partial charge >= 0.3 is 5.97 Å². The minimum atomic E-state index is -0.752. The van der Waals surface area contributed by atoms with Crippen LogP contribution in [0.3, 0.4) is 0 Å². The molecular formula is C17H16N4O5. The average molecular weight is 356 g/mol. The van der Waals surface area contributed by atoms with Gasteiger partial charge in [-0.2, -0.15) is 5.10 Å². The quantitative estimate of drug-likeness (QED) is 0.781. The second kappa shape index (κ2) is 7.60. The Hall–Kier alpha value is -3.49. The summed E-state index contributed by atoms with van der Waals surface area (Å²) < 4.78 is 9.92. The molecule has 0 bridgehead atoms. The van der Waals surface area contributed by atoms with Crippen molar-refractivity contribution in [1.82, 2.24) is 10.6 Å². The molecule has 1 aromatic carbocycles. The fraction of sp³-hybridized carbons (Fsp3) is 0.235. The summed E-state index contributed by atoms with van der Waals surface area (Å²) in [5, 5.41) is 9.94. The van der Waals surface area contributed by atoms with Gasteiger partial charge in [0.2, 0.25) is 11.8 Å².